The summed E-state index contributed by atoms with van der Waals surface area (Å²) in [6.07, 6.45) is 7.01. The van der Waals surface area contributed by atoms with Crippen LogP contribution in [-0.4, -0.2) is 12.7 Å². The Morgan fingerprint density at radius 1 is 0.914 bits per heavy atom. The van der Waals surface area contributed by atoms with Gasteiger partial charge in [-0.15, -0.1) is 0 Å². The zero-order chi connectivity index (χ0) is 24.4. The Morgan fingerprint density at radius 2 is 1.66 bits per heavy atom. The van der Waals surface area contributed by atoms with Gasteiger partial charge in [-0.05, 0) is 66.8 Å². The standard InChI is InChI=1S/C30H29F3O2/c1-2-3-19-4-6-21(7-5-19)26-15-11-23(29(32)30(26)33)17-34-24-12-8-20(9-13-24)25-14-10-22(16-27(25)31)28-18-35-28/h2-7,10-11,14-16,20,24,28H,8-9,12-13,17-18H2,1H3/b3-2+. The molecule has 0 radical (unpaired) electrons. The van der Waals surface area contributed by atoms with Gasteiger partial charge in [-0.3, -0.25) is 0 Å². The molecule has 5 rings (SSSR count). The monoisotopic (exact) mass is 478 g/mol. The normalized spacial score (nSPS) is 22.0. The van der Waals surface area contributed by atoms with Gasteiger partial charge >= 0.3 is 0 Å². The van der Waals surface area contributed by atoms with Crippen LogP contribution < -0.4 is 0 Å². The Balaban J connectivity index is 1.18. The van der Waals surface area contributed by atoms with Gasteiger partial charge in [0.2, 0.25) is 0 Å². The molecule has 0 bridgehead atoms. The van der Waals surface area contributed by atoms with Crippen molar-refractivity contribution in [3.05, 3.63) is 100 Å². The lowest BCUT2D eigenvalue weighted by molar-refractivity contribution is 0.0117. The molecule has 2 fully saturated rings. The first-order valence-electron chi connectivity index (χ1n) is 12.3. The van der Waals surface area contributed by atoms with Crippen LogP contribution in [0.5, 0.6) is 0 Å². The molecule has 35 heavy (non-hydrogen) atoms. The van der Waals surface area contributed by atoms with Crippen LogP contribution in [0, 0.1) is 17.5 Å². The van der Waals surface area contributed by atoms with E-state index in [9.17, 15) is 13.2 Å². The van der Waals surface area contributed by atoms with E-state index in [1.54, 1.807) is 30.3 Å². The average molecular weight is 479 g/mol. The highest BCUT2D eigenvalue weighted by Crippen LogP contribution is 2.38. The maximum Gasteiger partial charge on any atom is 0.167 e. The van der Waals surface area contributed by atoms with Crippen LogP contribution >= 0.6 is 0 Å². The number of epoxide rings is 1. The van der Waals surface area contributed by atoms with Gasteiger partial charge in [-0.1, -0.05) is 60.7 Å². The molecular weight excluding hydrogens is 449 g/mol. The van der Waals surface area contributed by atoms with Crippen molar-refractivity contribution in [2.75, 3.05) is 6.61 Å². The van der Waals surface area contributed by atoms with E-state index in [-0.39, 0.29) is 41.7 Å². The number of hydrogen-bond donors (Lipinski definition) is 0. The third-order valence-electron chi connectivity index (χ3n) is 7.06. The van der Waals surface area contributed by atoms with E-state index >= 15 is 0 Å². The van der Waals surface area contributed by atoms with Gasteiger partial charge in [0.25, 0.3) is 0 Å². The average Bonchev–Trinajstić information content (AvgIpc) is 3.72. The predicted octanol–water partition coefficient (Wildman–Crippen LogP) is 8.12. The Hall–Kier alpha value is -2.89. The first-order chi connectivity index (χ1) is 17.0. The lowest BCUT2D eigenvalue weighted by atomic mass is 9.82. The van der Waals surface area contributed by atoms with E-state index in [1.165, 1.54) is 0 Å². The number of benzene rings is 3. The van der Waals surface area contributed by atoms with E-state index in [2.05, 4.69) is 0 Å². The second-order valence-electron chi connectivity index (χ2n) is 9.41. The number of hydrogen-bond acceptors (Lipinski definition) is 2. The molecule has 1 aliphatic carbocycles. The predicted molar refractivity (Wildman–Crippen MR) is 131 cm³/mol. The second-order valence-corrected chi connectivity index (χ2v) is 9.41. The Bertz CT molecular complexity index is 1210. The molecule has 1 saturated carbocycles. The van der Waals surface area contributed by atoms with Crippen molar-refractivity contribution in [2.24, 2.45) is 0 Å². The quantitative estimate of drug-likeness (QED) is 0.320. The molecule has 2 aliphatic rings. The number of halogens is 3. The molecule has 5 heteroatoms. The molecule has 2 nitrogen and oxygen atoms in total. The van der Waals surface area contributed by atoms with Gasteiger partial charge in [-0.25, -0.2) is 13.2 Å². The minimum Gasteiger partial charge on any atom is -0.373 e. The van der Waals surface area contributed by atoms with Crippen LogP contribution in [0.2, 0.25) is 0 Å². The van der Waals surface area contributed by atoms with E-state index in [0.29, 0.717) is 12.2 Å². The molecule has 1 aliphatic heterocycles. The molecule has 1 saturated heterocycles. The fourth-order valence-electron chi connectivity index (χ4n) is 4.95. The van der Waals surface area contributed by atoms with E-state index in [4.69, 9.17) is 9.47 Å². The van der Waals surface area contributed by atoms with Gasteiger partial charge in [0.15, 0.2) is 11.6 Å². The topological polar surface area (TPSA) is 21.8 Å². The van der Waals surface area contributed by atoms with Crippen molar-refractivity contribution in [2.45, 2.75) is 57.3 Å². The molecule has 0 N–H and O–H groups in total. The third kappa shape index (κ3) is 5.36. The summed E-state index contributed by atoms with van der Waals surface area (Å²) in [5, 5.41) is 0. The molecule has 0 aromatic heterocycles. The fourth-order valence-corrected chi connectivity index (χ4v) is 4.95. The second kappa shape index (κ2) is 10.4. The van der Waals surface area contributed by atoms with Crippen LogP contribution in [-0.2, 0) is 16.1 Å². The largest absolute Gasteiger partial charge is 0.373 e. The summed E-state index contributed by atoms with van der Waals surface area (Å²) in [4.78, 5) is 0. The van der Waals surface area contributed by atoms with Crippen molar-refractivity contribution >= 4 is 6.08 Å². The summed E-state index contributed by atoms with van der Waals surface area (Å²) in [6, 6.07) is 16.0. The smallest absolute Gasteiger partial charge is 0.167 e. The zero-order valence-electron chi connectivity index (χ0n) is 19.8. The van der Waals surface area contributed by atoms with E-state index in [1.807, 2.05) is 43.3 Å². The molecule has 0 amide bonds. The number of allylic oxidation sites excluding steroid dienone is 1. The lowest BCUT2D eigenvalue weighted by Crippen LogP contribution is -2.21. The van der Waals surface area contributed by atoms with Crippen molar-refractivity contribution in [3.8, 4) is 11.1 Å². The Morgan fingerprint density at radius 3 is 2.31 bits per heavy atom. The minimum absolute atomic E-state index is 0.0169. The number of ether oxygens (including phenoxy) is 2. The van der Waals surface area contributed by atoms with Crippen LogP contribution in [0.15, 0.2) is 60.7 Å². The van der Waals surface area contributed by atoms with E-state index < -0.39 is 11.6 Å². The van der Waals surface area contributed by atoms with Gasteiger partial charge in [0.1, 0.15) is 11.9 Å². The highest BCUT2D eigenvalue weighted by Gasteiger charge is 2.28. The third-order valence-corrected chi connectivity index (χ3v) is 7.06. The van der Waals surface area contributed by atoms with Gasteiger partial charge in [0, 0.05) is 11.1 Å². The van der Waals surface area contributed by atoms with Gasteiger partial charge in [0.05, 0.1) is 19.3 Å². The first-order valence-corrected chi connectivity index (χ1v) is 12.3. The highest BCUT2D eigenvalue weighted by molar-refractivity contribution is 5.66. The zero-order valence-corrected chi connectivity index (χ0v) is 19.8. The molecule has 1 unspecified atom stereocenters. The maximum atomic E-state index is 14.8. The van der Waals surface area contributed by atoms with Gasteiger partial charge in [-0.2, -0.15) is 0 Å². The van der Waals surface area contributed by atoms with Crippen molar-refractivity contribution in [1.82, 2.24) is 0 Å². The summed E-state index contributed by atoms with van der Waals surface area (Å²) in [5.74, 6) is -1.74. The minimum atomic E-state index is -0.865. The SMILES string of the molecule is C/C=C/c1ccc(-c2ccc(COC3CCC(c4ccc(C5CO5)cc4F)CC3)c(F)c2F)cc1. The van der Waals surface area contributed by atoms with Crippen molar-refractivity contribution in [3.63, 3.8) is 0 Å². The maximum absolute atomic E-state index is 14.8. The van der Waals surface area contributed by atoms with Crippen molar-refractivity contribution in [1.29, 1.82) is 0 Å². The summed E-state index contributed by atoms with van der Waals surface area (Å²) in [5.41, 5.74) is 3.72. The first kappa shape index (κ1) is 23.8. The summed E-state index contributed by atoms with van der Waals surface area (Å²) >= 11 is 0. The molecular formula is C30H29F3O2. The molecule has 0 spiro atoms. The molecule has 3 aromatic carbocycles. The molecule has 1 heterocycles. The lowest BCUT2D eigenvalue weighted by Gasteiger charge is -2.29. The molecule has 3 aromatic rings. The summed E-state index contributed by atoms with van der Waals surface area (Å²) in [7, 11) is 0. The number of rotatable bonds is 7. The van der Waals surface area contributed by atoms with Crippen LogP contribution in [0.3, 0.4) is 0 Å². The van der Waals surface area contributed by atoms with Crippen LogP contribution in [0.1, 0.15) is 66.9 Å². The Labute approximate surface area is 204 Å². The van der Waals surface area contributed by atoms with Crippen LogP contribution in [0.25, 0.3) is 17.2 Å². The Kier molecular flexibility index (Phi) is 7.07. The van der Waals surface area contributed by atoms with Crippen LogP contribution in [0.4, 0.5) is 13.2 Å². The molecule has 1 atom stereocenters. The molecule has 182 valence electrons. The fraction of sp³-hybridized carbons (Fsp3) is 0.333. The van der Waals surface area contributed by atoms with E-state index in [0.717, 1.165) is 42.4 Å². The van der Waals surface area contributed by atoms with Crippen molar-refractivity contribution < 1.29 is 22.6 Å². The summed E-state index contributed by atoms with van der Waals surface area (Å²) < 4.78 is 55.4. The highest BCUT2D eigenvalue weighted by atomic mass is 19.2. The van der Waals surface area contributed by atoms with Gasteiger partial charge < -0.3 is 9.47 Å². The summed E-state index contributed by atoms with van der Waals surface area (Å²) in [6.45, 7) is 2.61.